The number of amides is 1. The van der Waals surface area contributed by atoms with E-state index in [4.69, 9.17) is 75.8 Å². The second kappa shape index (κ2) is 37.4. The van der Waals surface area contributed by atoms with Crippen molar-refractivity contribution >= 4 is 17.7 Å². The number of hydrogen-bond acceptors (Lipinski definition) is 46. The number of thioether (sulfide) groups is 1. The molecule has 22 rings (SSSR count). The molecule has 103 heavy (non-hydrogen) atoms. The van der Waals surface area contributed by atoms with E-state index in [1.165, 1.54) is 0 Å². The predicted molar refractivity (Wildman–Crippen MR) is 315 cm³/mol. The molecule has 0 aliphatic carbocycles. The van der Waals surface area contributed by atoms with Crippen LogP contribution < -0.4 is 5.32 Å². The van der Waals surface area contributed by atoms with Gasteiger partial charge in [0.25, 0.3) is 5.91 Å². The summed E-state index contributed by atoms with van der Waals surface area (Å²) in [5.41, 5.74) is 0. The summed E-state index contributed by atoms with van der Waals surface area (Å²) in [6.07, 6.45) is -92.1. The number of aliphatic hydroxyl groups excluding tert-OH is 28. The molecular weight excluding hydrogens is 1440 g/mol. The maximum Gasteiger partial charge on any atom is 0.251 e. The molecule has 22 fully saturated rings. The average molecular weight is 1530 g/mol. The van der Waals surface area contributed by atoms with Crippen molar-refractivity contribution in [3.05, 3.63) is 0 Å². The van der Waals surface area contributed by atoms with Gasteiger partial charge >= 0.3 is 0 Å². The summed E-state index contributed by atoms with van der Waals surface area (Å²) < 4.78 is 91.7. The average Bonchev–Trinajstić information content (AvgIpc) is 0.782. The van der Waals surface area contributed by atoms with Gasteiger partial charge < -0.3 is 224 Å². The number of carbonyl (C=O) groups is 1. The Bertz CT molecular complexity index is 2560. The standard InChI is InChI=1S/C56H95NO45S/c58-3-12(66)40(95-49-32(78)22(68)21(67)13(4-59)87-49)23(69)31(77)48(86)57-1-2-103-11-20-47-30(76)39(85)56(94-20)101-46-19(10-65)92-54(37(83)28(46)74)99-44-17(8-63)90-52(35(81)26(44)72)97-42-15(6-61)88-50(33(79)24(42)70)96-41-14(5-60)89-51(34(80)25(41)71)98-43-16(7-62)91-53(36(82)27(43)73)100-45-18(9-64)93-55(102-47)38(84)29(45)75/h12-47,49-56,58-85H,1-11H2,(H,57,86). The maximum absolute atomic E-state index is 13.3. The van der Waals surface area contributed by atoms with E-state index in [1.54, 1.807) is 0 Å². The molecule has 44 atom stereocenters. The molecule has 44 unspecified atom stereocenters. The van der Waals surface area contributed by atoms with Gasteiger partial charge in [0.2, 0.25) is 0 Å². The van der Waals surface area contributed by atoms with Crippen molar-refractivity contribution in [3.8, 4) is 0 Å². The van der Waals surface area contributed by atoms with Crippen molar-refractivity contribution in [2.45, 2.75) is 270 Å². The summed E-state index contributed by atoms with van der Waals surface area (Å²) in [5.74, 6) is -2.07. The van der Waals surface area contributed by atoms with Crippen molar-refractivity contribution in [1.82, 2.24) is 5.32 Å². The minimum Gasteiger partial charge on any atom is -0.394 e. The molecule has 22 saturated heterocycles. The van der Waals surface area contributed by atoms with Crippen molar-refractivity contribution in [3.63, 3.8) is 0 Å². The first-order valence-electron chi connectivity index (χ1n) is 32.8. The number of ether oxygens (including phenoxy) is 16. The fourth-order valence-corrected chi connectivity index (χ4v) is 14.0. The van der Waals surface area contributed by atoms with Crippen LogP contribution in [0, 0.1) is 0 Å². The normalized spacial score (nSPS) is 50.1. The number of nitrogens with one attached hydrogen (secondary N) is 1. The van der Waals surface area contributed by atoms with Crippen LogP contribution in [0.2, 0.25) is 0 Å². The monoisotopic (exact) mass is 1530 g/mol. The molecule has 47 heteroatoms. The second-order valence-corrected chi connectivity index (χ2v) is 27.0. The largest absolute Gasteiger partial charge is 0.394 e. The highest BCUT2D eigenvalue weighted by molar-refractivity contribution is 7.99. The lowest BCUT2D eigenvalue weighted by molar-refractivity contribution is -0.396. The second-order valence-electron chi connectivity index (χ2n) is 25.8. The molecule has 22 aliphatic heterocycles. The molecule has 0 aromatic rings. The third-order valence-corrected chi connectivity index (χ3v) is 20.1. The molecule has 0 spiro atoms. The van der Waals surface area contributed by atoms with E-state index in [-0.39, 0.29) is 5.75 Å². The third kappa shape index (κ3) is 18.2. The Morgan fingerprint density at radius 2 is 0.583 bits per heavy atom. The molecule has 0 aromatic heterocycles. The lowest BCUT2D eigenvalue weighted by atomic mass is 9.95. The fourth-order valence-electron chi connectivity index (χ4n) is 13.1. The van der Waals surface area contributed by atoms with E-state index in [9.17, 15) is 148 Å². The van der Waals surface area contributed by atoms with Gasteiger partial charge in [-0.1, -0.05) is 0 Å². The highest BCUT2D eigenvalue weighted by atomic mass is 32.2. The zero-order chi connectivity index (χ0) is 75.5. The summed E-state index contributed by atoms with van der Waals surface area (Å²) in [6, 6.07) is 0. The van der Waals surface area contributed by atoms with E-state index in [1.807, 2.05) is 0 Å². The molecule has 29 N–H and O–H groups in total. The molecular formula is C56H95NO45S. The number of aliphatic hydroxyl groups is 28. The Hall–Kier alpha value is -1.94. The van der Waals surface area contributed by atoms with Crippen LogP contribution >= 0.6 is 11.8 Å². The van der Waals surface area contributed by atoms with Crippen molar-refractivity contribution in [2.75, 3.05) is 70.9 Å². The first-order chi connectivity index (χ1) is 48.9. The predicted octanol–water partition coefficient (Wildman–Crippen LogP) is -20.1. The van der Waals surface area contributed by atoms with Crippen LogP contribution in [0.3, 0.4) is 0 Å². The summed E-state index contributed by atoms with van der Waals surface area (Å²) in [6.45, 7) is -9.27. The highest BCUT2D eigenvalue weighted by Gasteiger charge is 2.60. The van der Waals surface area contributed by atoms with E-state index in [0.29, 0.717) is 0 Å². The topological polar surface area (TPSA) is 743 Å². The Balaban J connectivity index is 0.963. The quantitative estimate of drug-likeness (QED) is 0.0534. The minimum absolute atomic E-state index is 0.235. The Morgan fingerprint density at radius 3 is 0.845 bits per heavy atom. The van der Waals surface area contributed by atoms with Crippen LogP contribution in [0.1, 0.15) is 0 Å². The van der Waals surface area contributed by atoms with Gasteiger partial charge in [0.05, 0.1) is 59.0 Å². The molecule has 14 bridgehead atoms. The van der Waals surface area contributed by atoms with E-state index in [0.717, 1.165) is 11.8 Å². The molecule has 22 heterocycles. The zero-order valence-corrected chi connectivity index (χ0v) is 54.9. The van der Waals surface area contributed by atoms with E-state index >= 15 is 0 Å². The van der Waals surface area contributed by atoms with Gasteiger partial charge in [0, 0.05) is 18.1 Å². The number of carbonyl (C=O) groups excluding carboxylic acids is 1. The molecule has 22 aliphatic rings. The van der Waals surface area contributed by atoms with Crippen LogP contribution in [0.25, 0.3) is 0 Å². The van der Waals surface area contributed by atoms with Crippen molar-refractivity contribution in [1.29, 1.82) is 0 Å². The van der Waals surface area contributed by atoms with Crippen molar-refractivity contribution < 1.29 is 224 Å². The first-order valence-corrected chi connectivity index (χ1v) is 33.9. The zero-order valence-electron chi connectivity index (χ0n) is 54.1. The van der Waals surface area contributed by atoms with Gasteiger partial charge in [0.1, 0.15) is 208 Å². The molecule has 600 valence electrons. The highest BCUT2D eigenvalue weighted by Crippen LogP contribution is 2.40. The Labute approximate surface area is 586 Å². The van der Waals surface area contributed by atoms with Gasteiger partial charge in [-0.3, -0.25) is 4.79 Å². The maximum atomic E-state index is 13.3. The van der Waals surface area contributed by atoms with Crippen LogP contribution in [-0.2, 0) is 80.6 Å². The summed E-state index contributed by atoms with van der Waals surface area (Å²) in [5, 5.41) is 310. The molecule has 0 radical (unpaired) electrons. The van der Waals surface area contributed by atoms with Gasteiger partial charge in [-0.2, -0.15) is 11.8 Å². The minimum atomic E-state index is -2.51. The van der Waals surface area contributed by atoms with E-state index < -0.39 is 341 Å². The van der Waals surface area contributed by atoms with Gasteiger partial charge in [-0.25, -0.2) is 0 Å². The lowest BCUT2D eigenvalue weighted by Crippen LogP contribution is -2.68. The number of hydrogen-bond donors (Lipinski definition) is 29. The Kier molecular flexibility index (Phi) is 30.9. The first kappa shape index (κ1) is 85.1. The smallest absolute Gasteiger partial charge is 0.251 e. The van der Waals surface area contributed by atoms with Crippen LogP contribution in [0.5, 0.6) is 0 Å². The molecule has 0 saturated carbocycles. The van der Waals surface area contributed by atoms with Gasteiger partial charge in [-0.05, 0) is 0 Å². The SMILES string of the molecule is O=C(NCCSCC1OC2OC3C(CO)OC(OC4C(CO)OC(OC5C(CO)OC(OC6C(CO)OC(OC7C(CO)OC(OC8C(CO)OC(OC1C(O)C2O)C(O)C8O)C(O)C7O)C(O)C6O)C(O)C5O)C(O)C4O)C(O)C3O)C(O)C(O)C(OC1OC(CO)C(O)C(O)C1O)C(O)CO. The molecule has 1 amide bonds. The Morgan fingerprint density at radius 1 is 0.320 bits per heavy atom. The molecule has 46 nitrogen and oxygen atoms in total. The van der Waals surface area contributed by atoms with Crippen LogP contribution in [0.4, 0.5) is 0 Å². The molecule has 0 aromatic carbocycles. The summed E-state index contributed by atoms with van der Waals surface area (Å²) in [4.78, 5) is 13.3. The van der Waals surface area contributed by atoms with Crippen LogP contribution in [0.15, 0.2) is 0 Å². The fraction of sp³-hybridized carbons (Fsp3) is 0.982. The van der Waals surface area contributed by atoms with Gasteiger partial charge in [-0.15, -0.1) is 0 Å². The summed E-state index contributed by atoms with van der Waals surface area (Å²) in [7, 11) is 0. The van der Waals surface area contributed by atoms with E-state index in [2.05, 4.69) is 5.32 Å². The van der Waals surface area contributed by atoms with Gasteiger partial charge in [0.15, 0.2) is 56.4 Å². The third-order valence-electron chi connectivity index (χ3n) is 19.1. The van der Waals surface area contributed by atoms with Crippen molar-refractivity contribution in [2.24, 2.45) is 0 Å². The summed E-state index contributed by atoms with van der Waals surface area (Å²) >= 11 is 0.813. The lowest BCUT2D eigenvalue weighted by Gasteiger charge is -2.50. The number of rotatable bonds is 19. The van der Waals surface area contributed by atoms with Crippen LogP contribution in [-0.4, -0.2) is 490 Å².